The number of ether oxygens (including phenoxy) is 1. The maximum atomic E-state index is 6.24. The third-order valence-corrected chi connectivity index (χ3v) is 5.29. The average Bonchev–Trinajstić information content (AvgIpc) is 3.23. The lowest BCUT2D eigenvalue weighted by molar-refractivity contribution is -0.114. The van der Waals surface area contributed by atoms with Crippen LogP contribution in [0.5, 0.6) is 11.5 Å². The largest absolute Gasteiger partial charge is 0.457 e. The summed E-state index contributed by atoms with van der Waals surface area (Å²) in [6.07, 6.45) is 4.70. The van der Waals surface area contributed by atoms with Crippen LogP contribution in [-0.4, -0.2) is 10.8 Å². The second kappa shape index (κ2) is 7.72. The van der Waals surface area contributed by atoms with Crippen molar-refractivity contribution in [3.05, 3.63) is 71.8 Å². The molecular formula is C23H25N4O+. The molecule has 0 amide bonds. The van der Waals surface area contributed by atoms with Crippen molar-refractivity contribution < 1.29 is 10.1 Å². The van der Waals surface area contributed by atoms with Crippen LogP contribution in [0.4, 0.5) is 5.82 Å². The molecule has 5 heteroatoms. The molecule has 28 heavy (non-hydrogen) atoms. The van der Waals surface area contributed by atoms with Crippen LogP contribution < -0.4 is 21.6 Å². The summed E-state index contributed by atoms with van der Waals surface area (Å²) >= 11 is 0. The first-order valence-electron chi connectivity index (χ1n) is 9.64. The van der Waals surface area contributed by atoms with E-state index in [1.165, 1.54) is 12.8 Å². The molecule has 0 spiro atoms. The van der Waals surface area contributed by atoms with E-state index in [0.717, 1.165) is 41.2 Å². The van der Waals surface area contributed by atoms with Gasteiger partial charge < -0.3 is 10.5 Å². The van der Waals surface area contributed by atoms with Crippen LogP contribution in [-0.2, 0) is 0 Å². The van der Waals surface area contributed by atoms with E-state index in [1.54, 1.807) is 0 Å². The highest BCUT2D eigenvalue weighted by Crippen LogP contribution is 2.38. The quantitative estimate of drug-likeness (QED) is 0.472. The van der Waals surface area contributed by atoms with Gasteiger partial charge >= 0.3 is 0 Å². The van der Waals surface area contributed by atoms with Gasteiger partial charge in [0.05, 0.1) is 5.69 Å². The molecule has 3 aromatic rings. The van der Waals surface area contributed by atoms with E-state index in [9.17, 15) is 0 Å². The Balaban J connectivity index is 1.66. The Bertz CT molecular complexity index is 977. The highest BCUT2D eigenvalue weighted by Gasteiger charge is 2.25. The number of hydrogen-bond acceptors (Lipinski definition) is 3. The van der Waals surface area contributed by atoms with Crippen LogP contribution in [0.25, 0.3) is 11.3 Å². The summed E-state index contributed by atoms with van der Waals surface area (Å²) in [5.41, 5.74) is 15.8. The highest BCUT2D eigenvalue weighted by molar-refractivity contribution is 5.99. The van der Waals surface area contributed by atoms with E-state index in [-0.39, 0.29) is 5.84 Å². The Morgan fingerprint density at radius 3 is 2.25 bits per heavy atom. The Morgan fingerprint density at radius 1 is 0.964 bits per heavy atom. The van der Waals surface area contributed by atoms with Crippen molar-refractivity contribution in [3.63, 3.8) is 0 Å². The third kappa shape index (κ3) is 3.69. The van der Waals surface area contributed by atoms with Crippen LogP contribution in [0.3, 0.4) is 0 Å². The molecular weight excluding hydrogens is 348 g/mol. The molecule has 5 nitrogen and oxygen atoms in total. The fraction of sp³-hybridized carbons (Fsp3) is 0.217. The maximum absolute atomic E-state index is 6.24. The number of rotatable bonds is 5. The predicted molar refractivity (Wildman–Crippen MR) is 112 cm³/mol. The predicted octanol–water partition coefficient (Wildman–Crippen LogP) is 3.25. The minimum Gasteiger partial charge on any atom is -0.457 e. The fourth-order valence-electron chi connectivity index (χ4n) is 3.92. The minimum atomic E-state index is 0.241. The number of para-hydroxylation sites is 1. The van der Waals surface area contributed by atoms with E-state index in [2.05, 4.69) is 11.1 Å². The van der Waals surface area contributed by atoms with Crippen molar-refractivity contribution in [1.29, 1.82) is 0 Å². The Kier molecular flexibility index (Phi) is 4.98. The smallest absolute Gasteiger partial charge is 0.274 e. The first kappa shape index (κ1) is 18.0. The summed E-state index contributed by atoms with van der Waals surface area (Å²) in [5.74, 6) is 2.64. The number of hydrogen-bond donors (Lipinski definition) is 3. The van der Waals surface area contributed by atoms with Gasteiger partial charge in [0.2, 0.25) is 0 Å². The van der Waals surface area contributed by atoms with Gasteiger partial charge in [-0.3, -0.25) is 11.1 Å². The lowest BCUT2D eigenvalue weighted by atomic mass is 9.91. The zero-order valence-corrected chi connectivity index (χ0v) is 15.8. The molecule has 142 valence electrons. The van der Waals surface area contributed by atoms with Gasteiger partial charge in [0.25, 0.3) is 5.84 Å². The monoisotopic (exact) mass is 373 g/mol. The molecule has 0 unspecified atom stereocenters. The molecule has 2 aromatic carbocycles. The van der Waals surface area contributed by atoms with Crippen LogP contribution in [0, 0.1) is 0 Å². The van der Waals surface area contributed by atoms with E-state index in [4.69, 9.17) is 21.6 Å². The number of nitrogen functional groups attached to an aromatic ring is 1. The molecule has 0 saturated heterocycles. The molecule has 0 radical (unpaired) electrons. The number of pyridine rings is 1. The SMILES string of the molecule is NC(=[NH2+])c1c(C2CCCC2)cc(-c2ccc(Oc3ccccc3)cc2)nc1N. The highest BCUT2D eigenvalue weighted by atomic mass is 16.5. The molecule has 0 atom stereocenters. The number of nitrogens with zero attached hydrogens (tertiary/aromatic N) is 1. The van der Waals surface area contributed by atoms with Gasteiger partial charge in [-0.2, -0.15) is 0 Å². The number of amidine groups is 1. The normalized spacial score (nSPS) is 14.1. The summed E-state index contributed by atoms with van der Waals surface area (Å²) in [5, 5.41) is 5.92. The van der Waals surface area contributed by atoms with Crippen LogP contribution in [0.1, 0.15) is 42.7 Å². The standard InChI is InChI=1S/C23H24N4O/c24-22(25)21-19(15-6-4-5-7-15)14-20(27-23(21)26)16-10-12-18(13-11-16)28-17-8-2-1-3-9-17/h1-3,8-15H,4-7H2,(H3,24,25)(H2,26,27)/p+1. The first-order chi connectivity index (χ1) is 13.6. The van der Waals surface area contributed by atoms with Gasteiger partial charge in [0.15, 0.2) is 0 Å². The molecule has 1 saturated carbocycles. The van der Waals surface area contributed by atoms with E-state index in [0.29, 0.717) is 17.3 Å². The molecule has 1 aliphatic rings. The van der Waals surface area contributed by atoms with Crippen molar-refractivity contribution in [2.24, 2.45) is 5.73 Å². The molecule has 4 rings (SSSR count). The Labute approximate surface area is 164 Å². The number of benzene rings is 2. The molecule has 1 fully saturated rings. The summed E-state index contributed by atoms with van der Waals surface area (Å²) < 4.78 is 5.87. The zero-order chi connectivity index (χ0) is 19.5. The minimum absolute atomic E-state index is 0.241. The summed E-state index contributed by atoms with van der Waals surface area (Å²) in [7, 11) is 0. The van der Waals surface area contributed by atoms with Crippen molar-refractivity contribution in [2.45, 2.75) is 31.6 Å². The number of nitrogens with two attached hydrogens (primary N) is 3. The topological polar surface area (TPSA) is 99.8 Å². The second-order valence-electron chi connectivity index (χ2n) is 7.23. The van der Waals surface area contributed by atoms with E-state index < -0.39 is 0 Å². The van der Waals surface area contributed by atoms with Gasteiger partial charge in [0, 0.05) is 5.56 Å². The summed E-state index contributed by atoms with van der Waals surface area (Å²) in [4.78, 5) is 4.57. The van der Waals surface area contributed by atoms with E-state index in [1.807, 2.05) is 54.6 Å². The lowest BCUT2D eigenvalue weighted by Crippen LogP contribution is -2.47. The van der Waals surface area contributed by atoms with Crippen molar-refractivity contribution in [1.82, 2.24) is 4.98 Å². The number of aromatic nitrogens is 1. The van der Waals surface area contributed by atoms with Crippen molar-refractivity contribution in [3.8, 4) is 22.8 Å². The zero-order valence-electron chi connectivity index (χ0n) is 15.8. The van der Waals surface area contributed by atoms with E-state index >= 15 is 0 Å². The average molecular weight is 373 g/mol. The fourth-order valence-corrected chi connectivity index (χ4v) is 3.92. The summed E-state index contributed by atoms with van der Waals surface area (Å²) in [6, 6.07) is 19.7. The van der Waals surface area contributed by atoms with Crippen LogP contribution in [0.15, 0.2) is 60.7 Å². The van der Waals surface area contributed by atoms with Crippen molar-refractivity contribution in [2.75, 3.05) is 5.73 Å². The second-order valence-corrected chi connectivity index (χ2v) is 7.23. The van der Waals surface area contributed by atoms with Crippen LogP contribution >= 0.6 is 0 Å². The van der Waals surface area contributed by atoms with Gasteiger partial charge in [-0.05, 0) is 66.8 Å². The maximum Gasteiger partial charge on any atom is 0.274 e. The first-order valence-corrected chi connectivity index (χ1v) is 9.64. The summed E-state index contributed by atoms with van der Waals surface area (Å²) in [6.45, 7) is 0. The van der Waals surface area contributed by atoms with Gasteiger partial charge in [-0.15, -0.1) is 0 Å². The molecule has 1 aliphatic carbocycles. The van der Waals surface area contributed by atoms with Crippen molar-refractivity contribution >= 4 is 11.7 Å². The lowest BCUT2D eigenvalue weighted by Gasteiger charge is -2.16. The van der Waals surface area contributed by atoms with Crippen LogP contribution in [0.2, 0.25) is 0 Å². The van der Waals surface area contributed by atoms with Gasteiger partial charge in [0.1, 0.15) is 22.9 Å². The number of anilines is 1. The molecule has 0 bridgehead atoms. The van der Waals surface area contributed by atoms with Gasteiger partial charge in [-0.25, -0.2) is 4.98 Å². The molecule has 1 heterocycles. The molecule has 6 N–H and O–H groups in total. The van der Waals surface area contributed by atoms with Gasteiger partial charge in [-0.1, -0.05) is 31.0 Å². The Hall–Kier alpha value is -3.34. The molecule has 0 aliphatic heterocycles. The molecule has 1 aromatic heterocycles. The third-order valence-electron chi connectivity index (χ3n) is 5.29. The Morgan fingerprint density at radius 2 is 1.61 bits per heavy atom.